The summed E-state index contributed by atoms with van der Waals surface area (Å²) in [6.07, 6.45) is 0. The molecule has 1 aromatic heterocycles. The highest BCUT2D eigenvalue weighted by Crippen LogP contribution is 2.02. The molecule has 4 heteroatoms. The minimum absolute atomic E-state index is 0.0269. The normalized spacial score (nSPS) is 10.3. The molecule has 1 heterocycles. The summed E-state index contributed by atoms with van der Waals surface area (Å²) in [4.78, 5) is 23.3. The summed E-state index contributed by atoms with van der Waals surface area (Å²) < 4.78 is 1.84. The first-order valence-electron chi connectivity index (χ1n) is 6.55. The van der Waals surface area contributed by atoms with Gasteiger partial charge in [-0.05, 0) is 19.4 Å². The number of pyridine rings is 1. The van der Waals surface area contributed by atoms with E-state index in [-0.39, 0.29) is 17.9 Å². The molecule has 0 aliphatic heterocycles. The van der Waals surface area contributed by atoms with E-state index >= 15 is 0 Å². The molecule has 20 heavy (non-hydrogen) atoms. The lowest BCUT2D eigenvalue weighted by Gasteiger charge is -2.14. The van der Waals surface area contributed by atoms with Crippen LogP contribution in [0.5, 0.6) is 0 Å². The predicted octanol–water partition coefficient (Wildman–Crippen LogP) is 1.78. The average Bonchev–Trinajstić information content (AvgIpc) is 2.42. The van der Waals surface area contributed by atoms with Crippen LogP contribution in [0.3, 0.4) is 0 Å². The standard InChI is InChI=1S/C16H18N2O2/c1-12-8-15(19)9-13(2)18(12)11-16(20)17-10-14-6-4-3-5-7-14/h3-9H,10-11H2,1-2H3,(H,17,20). The molecule has 0 radical (unpaired) electrons. The Hall–Kier alpha value is -2.36. The third-order valence-corrected chi connectivity index (χ3v) is 3.19. The van der Waals surface area contributed by atoms with Crippen molar-refractivity contribution in [1.82, 2.24) is 9.88 Å². The Morgan fingerprint density at radius 2 is 1.70 bits per heavy atom. The molecule has 4 nitrogen and oxygen atoms in total. The van der Waals surface area contributed by atoms with E-state index in [9.17, 15) is 9.59 Å². The fourth-order valence-corrected chi connectivity index (χ4v) is 2.13. The van der Waals surface area contributed by atoms with Crippen molar-refractivity contribution in [1.29, 1.82) is 0 Å². The lowest BCUT2D eigenvalue weighted by Crippen LogP contribution is -2.29. The summed E-state index contributed by atoms with van der Waals surface area (Å²) in [5, 5.41) is 2.88. The minimum Gasteiger partial charge on any atom is -0.350 e. The topological polar surface area (TPSA) is 51.1 Å². The monoisotopic (exact) mass is 270 g/mol. The van der Waals surface area contributed by atoms with E-state index in [4.69, 9.17) is 0 Å². The smallest absolute Gasteiger partial charge is 0.240 e. The van der Waals surface area contributed by atoms with E-state index in [1.165, 1.54) is 12.1 Å². The second kappa shape index (κ2) is 6.19. The van der Waals surface area contributed by atoms with Gasteiger partial charge in [0.25, 0.3) is 0 Å². The second-order valence-electron chi connectivity index (χ2n) is 4.82. The number of aromatic nitrogens is 1. The first kappa shape index (κ1) is 14.1. The Kier molecular flexibility index (Phi) is 4.35. The third-order valence-electron chi connectivity index (χ3n) is 3.19. The highest BCUT2D eigenvalue weighted by atomic mass is 16.2. The van der Waals surface area contributed by atoms with Gasteiger partial charge in [-0.2, -0.15) is 0 Å². The summed E-state index contributed by atoms with van der Waals surface area (Å²) in [5.41, 5.74) is 2.63. The van der Waals surface area contributed by atoms with E-state index in [0.717, 1.165) is 17.0 Å². The van der Waals surface area contributed by atoms with Gasteiger partial charge in [0, 0.05) is 30.1 Å². The molecule has 2 aromatic rings. The van der Waals surface area contributed by atoms with Crippen LogP contribution in [0.4, 0.5) is 0 Å². The van der Waals surface area contributed by atoms with E-state index < -0.39 is 0 Å². The largest absolute Gasteiger partial charge is 0.350 e. The van der Waals surface area contributed by atoms with Crippen LogP contribution >= 0.6 is 0 Å². The molecule has 0 aliphatic carbocycles. The number of nitrogens with zero attached hydrogens (tertiary/aromatic N) is 1. The second-order valence-corrected chi connectivity index (χ2v) is 4.82. The molecular formula is C16H18N2O2. The lowest BCUT2D eigenvalue weighted by atomic mass is 10.2. The summed E-state index contributed by atoms with van der Waals surface area (Å²) >= 11 is 0. The molecule has 2 rings (SSSR count). The highest BCUT2D eigenvalue weighted by Gasteiger charge is 2.07. The van der Waals surface area contributed by atoms with Crippen LogP contribution < -0.4 is 10.7 Å². The van der Waals surface area contributed by atoms with Gasteiger partial charge in [0.2, 0.25) is 5.91 Å². The molecule has 0 spiro atoms. The maximum absolute atomic E-state index is 12.0. The number of hydrogen-bond donors (Lipinski definition) is 1. The molecule has 0 atom stereocenters. The number of nitrogens with one attached hydrogen (secondary N) is 1. The maximum atomic E-state index is 12.0. The first-order valence-corrected chi connectivity index (χ1v) is 6.55. The molecule has 0 aliphatic rings. The first-order chi connectivity index (χ1) is 9.56. The van der Waals surface area contributed by atoms with Crippen molar-refractivity contribution in [3.63, 3.8) is 0 Å². The third kappa shape index (κ3) is 3.57. The van der Waals surface area contributed by atoms with Gasteiger partial charge in [-0.15, -0.1) is 0 Å². The van der Waals surface area contributed by atoms with Gasteiger partial charge in [0.15, 0.2) is 5.43 Å². The molecule has 1 N–H and O–H groups in total. The average molecular weight is 270 g/mol. The zero-order valence-electron chi connectivity index (χ0n) is 11.7. The van der Waals surface area contributed by atoms with E-state index in [1.54, 1.807) is 0 Å². The molecule has 0 bridgehead atoms. The summed E-state index contributed by atoms with van der Waals surface area (Å²) in [6.45, 7) is 4.40. The fourth-order valence-electron chi connectivity index (χ4n) is 2.13. The molecule has 0 fully saturated rings. The van der Waals surface area contributed by atoms with Gasteiger partial charge in [-0.1, -0.05) is 30.3 Å². The number of carbonyl (C=O) groups is 1. The summed E-state index contributed by atoms with van der Waals surface area (Å²) in [7, 11) is 0. The number of rotatable bonds is 4. The Bertz CT molecular complexity index is 634. The summed E-state index contributed by atoms with van der Waals surface area (Å²) in [5.74, 6) is -0.0660. The van der Waals surface area contributed by atoms with Gasteiger partial charge in [-0.3, -0.25) is 9.59 Å². The molecule has 1 amide bonds. The van der Waals surface area contributed by atoms with E-state index in [1.807, 2.05) is 48.7 Å². The van der Waals surface area contributed by atoms with Crippen molar-refractivity contribution in [2.75, 3.05) is 0 Å². The van der Waals surface area contributed by atoms with Crippen LogP contribution in [0.15, 0.2) is 47.3 Å². The molecule has 104 valence electrons. The maximum Gasteiger partial charge on any atom is 0.240 e. The molecular weight excluding hydrogens is 252 g/mol. The van der Waals surface area contributed by atoms with Gasteiger partial charge in [0.05, 0.1) is 0 Å². The van der Waals surface area contributed by atoms with E-state index in [0.29, 0.717) is 6.54 Å². The number of aryl methyl sites for hydroxylation is 2. The van der Waals surface area contributed by atoms with Gasteiger partial charge in [-0.25, -0.2) is 0 Å². The van der Waals surface area contributed by atoms with Crippen LogP contribution in [0.2, 0.25) is 0 Å². The van der Waals surface area contributed by atoms with Crippen LogP contribution in [-0.2, 0) is 17.9 Å². The Labute approximate surface area is 118 Å². The Morgan fingerprint density at radius 3 is 2.30 bits per heavy atom. The molecule has 1 aromatic carbocycles. The van der Waals surface area contributed by atoms with Crippen molar-refractivity contribution >= 4 is 5.91 Å². The predicted molar refractivity (Wildman–Crippen MR) is 78.5 cm³/mol. The van der Waals surface area contributed by atoms with Crippen LogP contribution in [0.25, 0.3) is 0 Å². The Morgan fingerprint density at radius 1 is 1.10 bits per heavy atom. The number of benzene rings is 1. The number of carbonyl (C=O) groups excluding carboxylic acids is 1. The number of hydrogen-bond acceptors (Lipinski definition) is 2. The fraction of sp³-hybridized carbons (Fsp3) is 0.250. The summed E-state index contributed by atoms with van der Waals surface area (Å²) in [6, 6.07) is 12.8. The lowest BCUT2D eigenvalue weighted by molar-refractivity contribution is -0.121. The van der Waals surface area contributed by atoms with Crippen molar-refractivity contribution in [3.05, 3.63) is 69.6 Å². The SMILES string of the molecule is Cc1cc(=O)cc(C)n1CC(=O)NCc1ccccc1. The van der Waals surface area contributed by atoms with Gasteiger partial charge < -0.3 is 9.88 Å². The molecule has 0 saturated carbocycles. The van der Waals surface area contributed by atoms with Crippen molar-refractivity contribution < 1.29 is 4.79 Å². The zero-order valence-corrected chi connectivity index (χ0v) is 11.7. The van der Waals surface area contributed by atoms with Crippen molar-refractivity contribution in [3.8, 4) is 0 Å². The minimum atomic E-state index is -0.0660. The van der Waals surface area contributed by atoms with Gasteiger partial charge in [0.1, 0.15) is 6.54 Å². The molecule has 0 unspecified atom stereocenters. The Balaban J connectivity index is 2.00. The van der Waals surface area contributed by atoms with Crippen molar-refractivity contribution in [2.45, 2.75) is 26.9 Å². The highest BCUT2D eigenvalue weighted by molar-refractivity contribution is 5.75. The zero-order chi connectivity index (χ0) is 14.5. The van der Waals surface area contributed by atoms with Gasteiger partial charge >= 0.3 is 0 Å². The van der Waals surface area contributed by atoms with Crippen LogP contribution in [0, 0.1) is 13.8 Å². The number of amides is 1. The van der Waals surface area contributed by atoms with Crippen LogP contribution in [0.1, 0.15) is 17.0 Å². The molecule has 0 saturated heterocycles. The van der Waals surface area contributed by atoms with E-state index in [2.05, 4.69) is 5.32 Å². The van der Waals surface area contributed by atoms with Crippen molar-refractivity contribution in [2.24, 2.45) is 0 Å². The van der Waals surface area contributed by atoms with Crippen LogP contribution in [-0.4, -0.2) is 10.5 Å². The quantitative estimate of drug-likeness (QED) is 0.920.